The van der Waals surface area contributed by atoms with Gasteiger partial charge in [0.25, 0.3) is 0 Å². The summed E-state index contributed by atoms with van der Waals surface area (Å²) in [6.07, 6.45) is 3.43. The van der Waals surface area contributed by atoms with Crippen LogP contribution in [0.1, 0.15) is 36.8 Å². The summed E-state index contributed by atoms with van der Waals surface area (Å²) in [6.45, 7) is 4.82. The zero-order chi connectivity index (χ0) is 17.9. The molecule has 2 aliphatic rings. The van der Waals surface area contributed by atoms with Crippen LogP contribution in [0.3, 0.4) is 0 Å². The summed E-state index contributed by atoms with van der Waals surface area (Å²) in [7, 11) is 1.79. The van der Waals surface area contributed by atoms with Gasteiger partial charge in [0.15, 0.2) is 0 Å². The lowest BCUT2D eigenvalue weighted by Gasteiger charge is -2.48. The summed E-state index contributed by atoms with van der Waals surface area (Å²) in [6, 6.07) is 8.02. The van der Waals surface area contributed by atoms with Gasteiger partial charge in [0.2, 0.25) is 5.91 Å². The van der Waals surface area contributed by atoms with Crippen LogP contribution in [-0.2, 0) is 16.0 Å². The Morgan fingerprint density at radius 3 is 2.80 bits per heavy atom. The average Bonchev–Trinajstić information content (AvgIpc) is 2.55. The molecule has 1 atom stereocenters. The van der Waals surface area contributed by atoms with Crippen molar-refractivity contribution >= 4 is 5.91 Å². The third kappa shape index (κ3) is 4.60. The Kier molecular flexibility index (Phi) is 5.46. The second-order valence-corrected chi connectivity index (χ2v) is 7.85. The third-order valence-corrected chi connectivity index (χ3v) is 5.54. The van der Waals surface area contributed by atoms with Gasteiger partial charge < -0.3 is 20.1 Å². The molecule has 0 radical (unpaired) electrons. The van der Waals surface area contributed by atoms with Crippen molar-refractivity contribution in [1.82, 2.24) is 10.2 Å². The number of carbonyl (C=O) groups is 1. The largest absolute Gasteiger partial charge is 0.388 e. The molecule has 5 nitrogen and oxygen atoms in total. The van der Waals surface area contributed by atoms with Crippen molar-refractivity contribution in [1.29, 1.82) is 0 Å². The van der Waals surface area contributed by atoms with Crippen molar-refractivity contribution in [2.75, 3.05) is 33.3 Å². The first-order chi connectivity index (χ1) is 11.9. The number of aliphatic hydroxyl groups is 1. The lowest BCUT2D eigenvalue weighted by Crippen LogP contribution is -2.57. The van der Waals surface area contributed by atoms with Crippen LogP contribution in [0.15, 0.2) is 24.3 Å². The molecule has 0 bridgehead atoms. The molecule has 0 aromatic heterocycles. The highest BCUT2D eigenvalue weighted by molar-refractivity contribution is 5.78. The molecule has 2 fully saturated rings. The predicted octanol–water partition coefficient (Wildman–Crippen LogP) is 1.66. The van der Waals surface area contributed by atoms with Crippen LogP contribution in [-0.4, -0.2) is 60.4 Å². The third-order valence-electron chi connectivity index (χ3n) is 5.54. The number of amides is 1. The van der Waals surface area contributed by atoms with Crippen LogP contribution in [0.5, 0.6) is 0 Å². The Bertz CT molecular complexity index is 607. The lowest BCUT2D eigenvalue weighted by atomic mass is 9.77. The van der Waals surface area contributed by atoms with E-state index in [1.807, 2.05) is 31.2 Å². The molecule has 0 aliphatic carbocycles. The van der Waals surface area contributed by atoms with Crippen molar-refractivity contribution in [3.05, 3.63) is 35.4 Å². The molecule has 1 amide bonds. The minimum atomic E-state index is -0.855. The van der Waals surface area contributed by atoms with Gasteiger partial charge in [0.05, 0.1) is 24.2 Å². The maximum atomic E-state index is 12.6. The molecule has 25 heavy (non-hydrogen) atoms. The predicted molar refractivity (Wildman–Crippen MR) is 97.5 cm³/mol. The number of carbonyl (C=O) groups excluding carboxylic acids is 1. The quantitative estimate of drug-likeness (QED) is 0.870. The van der Waals surface area contributed by atoms with Crippen molar-refractivity contribution in [3.8, 4) is 0 Å². The highest BCUT2D eigenvalue weighted by Gasteiger charge is 2.46. The molecule has 1 aromatic rings. The highest BCUT2D eigenvalue weighted by atomic mass is 16.5. The molecule has 2 heterocycles. The summed E-state index contributed by atoms with van der Waals surface area (Å²) in [5, 5.41) is 14.5. The van der Waals surface area contributed by atoms with Crippen molar-refractivity contribution in [3.63, 3.8) is 0 Å². The number of rotatable bonds is 4. The molecule has 1 spiro atoms. The molecule has 2 N–H and O–H groups in total. The van der Waals surface area contributed by atoms with E-state index in [9.17, 15) is 9.90 Å². The molecular formula is C20H30N2O3. The van der Waals surface area contributed by atoms with Gasteiger partial charge in [0.1, 0.15) is 0 Å². The van der Waals surface area contributed by atoms with Gasteiger partial charge in [-0.25, -0.2) is 0 Å². The van der Waals surface area contributed by atoms with Crippen LogP contribution in [0.25, 0.3) is 0 Å². The summed E-state index contributed by atoms with van der Waals surface area (Å²) in [4.78, 5) is 14.3. The van der Waals surface area contributed by atoms with Crippen LogP contribution in [0.2, 0.25) is 0 Å². The van der Waals surface area contributed by atoms with E-state index >= 15 is 0 Å². The molecule has 0 saturated carbocycles. The van der Waals surface area contributed by atoms with Gasteiger partial charge in [-0.3, -0.25) is 4.79 Å². The number of hydrogen-bond acceptors (Lipinski definition) is 4. The second kappa shape index (κ2) is 7.44. The van der Waals surface area contributed by atoms with Gasteiger partial charge in [-0.1, -0.05) is 29.8 Å². The van der Waals surface area contributed by atoms with E-state index in [0.717, 1.165) is 37.1 Å². The van der Waals surface area contributed by atoms with E-state index in [2.05, 4.69) is 5.32 Å². The average molecular weight is 346 g/mol. The van der Waals surface area contributed by atoms with E-state index in [0.29, 0.717) is 32.4 Å². The monoisotopic (exact) mass is 346 g/mol. The molecule has 2 saturated heterocycles. The summed E-state index contributed by atoms with van der Waals surface area (Å²) < 4.78 is 6.05. The van der Waals surface area contributed by atoms with Gasteiger partial charge >= 0.3 is 0 Å². The molecule has 3 rings (SSSR count). The van der Waals surface area contributed by atoms with E-state index < -0.39 is 5.60 Å². The second-order valence-electron chi connectivity index (χ2n) is 7.85. The first-order valence-electron chi connectivity index (χ1n) is 9.26. The van der Waals surface area contributed by atoms with Crippen molar-refractivity contribution in [2.45, 2.75) is 50.2 Å². The number of likely N-dealkylation sites (N-methyl/N-ethyl adjacent to an activating group) is 1. The van der Waals surface area contributed by atoms with Gasteiger partial charge in [-0.05, 0) is 38.4 Å². The number of ether oxygens (including phenoxy) is 1. The Morgan fingerprint density at radius 1 is 1.32 bits per heavy atom. The zero-order valence-corrected chi connectivity index (χ0v) is 15.4. The van der Waals surface area contributed by atoms with E-state index in [-0.39, 0.29) is 11.5 Å². The van der Waals surface area contributed by atoms with Crippen LogP contribution >= 0.6 is 0 Å². The summed E-state index contributed by atoms with van der Waals surface area (Å²) >= 11 is 0. The Hall–Kier alpha value is -1.43. The fourth-order valence-corrected chi connectivity index (χ4v) is 4.20. The highest BCUT2D eigenvalue weighted by Crippen LogP contribution is 2.38. The van der Waals surface area contributed by atoms with E-state index in [1.54, 1.807) is 11.9 Å². The number of aryl methyl sites for hydroxylation is 1. The van der Waals surface area contributed by atoms with E-state index in [1.165, 1.54) is 0 Å². The smallest absolute Gasteiger partial charge is 0.226 e. The molecule has 5 heteroatoms. The van der Waals surface area contributed by atoms with Crippen LogP contribution in [0, 0.1) is 6.92 Å². The zero-order valence-electron chi connectivity index (χ0n) is 15.4. The van der Waals surface area contributed by atoms with Gasteiger partial charge in [-0.15, -0.1) is 0 Å². The van der Waals surface area contributed by atoms with Gasteiger partial charge in [0, 0.05) is 26.4 Å². The molecule has 138 valence electrons. The lowest BCUT2D eigenvalue weighted by molar-refractivity contribution is -0.177. The van der Waals surface area contributed by atoms with Crippen molar-refractivity contribution < 1.29 is 14.6 Å². The van der Waals surface area contributed by atoms with E-state index in [4.69, 9.17) is 4.74 Å². The fourth-order valence-electron chi connectivity index (χ4n) is 4.20. The number of nitrogens with one attached hydrogen (secondary N) is 1. The minimum Gasteiger partial charge on any atom is -0.388 e. The van der Waals surface area contributed by atoms with Crippen LogP contribution < -0.4 is 5.32 Å². The normalized spacial score (nSPS) is 25.7. The maximum Gasteiger partial charge on any atom is 0.226 e. The summed E-state index contributed by atoms with van der Waals surface area (Å²) in [5.74, 6) is 0.0462. The molecule has 2 aliphatic heterocycles. The molecular weight excluding hydrogens is 316 g/mol. The first kappa shape index (κ1) is 18.4. The Labute approximate surface area is 150 Å². The Balaban J connectivity index is 1.60. The number of nitrogens with zero attached hydrogens (tertiary/aromatic N) is 1. The first-order valence-corrected chi connectivity index (χ1v) is 9.26. The maximum absolute atomic E-state index is 12.6. The SMILES string of the molecule is Cc1cccc(CC(=O)N(C)CC2(O)CCOC3(CCNCC3)C2)c1. The summed E-state index contributed by atoms with van der Waals surface area (Å²) in [5.41, 5.74) is 1.10. The fraction of sp³-hybridized carbons (Fsp3) is 0.650. The minimum absolute atomic E-state index is 0.0462. The molecule has 1 unspecified atom stereocenters. The van der Waals surface area contributed by atoms with Gasteiger partial charge in [-0.2, -0.15) is 0 Å². The number of benzene rings is 1. The molecule has 1 aromatic carbocycles. The van der Waals surface area contributed by atoms with Crippen molar-refractivity contribution in [2.24, 2.45) is 0 Å². The standard InChI is InChI=1S/C20H30N2O3/c1-16-4-3-5-17(12-16)13-18(23)22(2)15-19(24)8-11-25-20(14-19)6-9-21-10-7-20/h3-5,12,21,24H,6-11,13-15H2,1-2H3. The number of hydrogen-bond donors (Lipinski definition) is 2. The topological polar surface area (TPSA) is 61.8 Å². The van der Waals surface area contributed by atoms with Crippen LogP contribution in [0.4, 0.5) is 0 Å². The Morgan fingerprint density at radius 2 is 2.08 bits per heavy atom. The number of piperidine rings is 1.